The third-order valence-electron chi connectivity index (χ3n) is 4.72. The topological polar surface area (TPSA) is 99.1 Å². The fraction of sp³-hybridized carbons (Fsp3) is 0.167. The largest absolute Gasteiger partial charge is 0.508 e. The average molecular weight is 452 g/mol. The Hall–Kier alpha value is -3.49. The van der Waals surface area contributed by atoms with Gasteiger partial charge in [-0.2, -0.15) is 9.41 Å². The van der Waals surface area contributed by atoms with Crippen molar-refractivity contribution in [3.63, 3.8) is 0 Å². The molecule has 0 aliphatic carbocycles. The zero-order valence-electron chi connectivity index (χ0n) is 17.9. The number of aryl methyl sites for hydroxylation is 2. The minimum Gasteiger partial charge on any atom is -0.508 e. The van der Waals surface area contributed by atoms with E-state index in [-0.39, 0.29) is 17.2 Å². The number of phenolic OH excluding ortho intramolecular Hbond substituents is 1. The summed E-state index contributed by atoms with van der Waals surface area (Å²) in [6.45, 7) is 3.46. The maximum atomic E-state index is 13.3. The van der Waals surface area contributed by atoms with Gasteiger partial charge in [-0.1, -0.05) is 47.5 Å². The molecule has 0 aliphatic heterocycles. The Balaban J connectivity index is 1.79. The molecule has 0 fully saturated rings. The molecule has 0 bridgehead atoms. The summed E-state index contributed by atoms with van der Waals surface area (Å²) in [6, 6.07) is 20.3. The highest BCUT2D eigenvalue weighted by atomic mass is 32.2. The molecule has 0 spiro atoms. The zero-order valence-corrected chi connectivity index (χ0v) is 18.7. The van der Waals surface area contributed by atoms with E-state index >= 15 is 0 Å². The molecular weight excluding hydrogens is 426 g/mol. The first kappa shape index (κ1) is 23.2. The van der Waals surface area contributed by atoms with Gasteiger partial charge in [0.05, 0.1) is 17.7 Å². The molecule has 0 atom stereocenters. The smallest absolute Gasteiger partial charge is 0.255 e. The van der Waals surface area contributed by atoms with Crippen LogP contribution in [0.2, 0.25) is 0 Å². The van der Waals surface area contributed by atoms with E-state index in [0.717, 1.165) is 21.0 Å². The number of hydrogen-bond acceptors (Lipinski definition) is 5. The third-order valence-corrected chi connectivity index (χ3v) is 6.52. The highest BCUT2D eigenvalue weighted by Gasteiger charge is 2.27. The van der Waals surface area contributed by atoms with E-state index in [1.54, 1.807) is 24.3 Å². The quantitative estimate of drug-likeness (QED) is 0.405. The first-order valence-corrected chi connectivity index (χ1v) is 11.4. The zero-order chi connectivity index (χ0) is 23.1. The number of hydrogen-bond donors (Lipinski definition) is 2. The summed E-state index contributed by atoms with van der Waals surface area (Å²) in [7, 11) is -3.91. The van der Waals surface area contributed by atoms with Gasteiger partial charge >= 0.3 is 0 Å². The normalized spacial score (nSPS) is 11.7. The summed E-state index contributed by atoms with van der Waals surface area (Å²) in [4.78, 5) is 12.6. The van der Waals surface area contributed by atoms with Gasteiger partial charge in [0, 0.05) is 6.54 Å². The number of hydrazone groups is 1. The minimum atomic E-state index is -3.91. The summed E-state index contributed by atoms with van der Waals surface area (Å²) >= 11 is 0. The lowest BCUT2D eigenvalue weighted by Gasteiger charge is -2.22. The number of amides is 1. The molecule has 3 rings (SSSR count). The average Bonchev–Trinajstić information content (AvgIpc) is 2.75. The molecule has 0 aromatic heterocycles. The van der Waals surface area contributed by atoms with Gasteiger partial charge in [0.1, 0.15) is 5.75 Å². The van der Waals surface area contributed by atoms with Crippen molar-refractivity contribution in [2.75, 3.05) is 6.54 Å². The molecule has 2 N–H and O–H groups in total. The number of aromatic hydroxyl groups is 1. The van der Waals surface area contributed by atoms with Crippen LogP contribution in [-0.4, -0.2) is 36.5 Å². The SMILES string of the molecule is Cc1ccc(S(=O)(=O)N(CC(=O)N/N=C\c2ccc(O)cc2)Cc2cccc(C)c2)cc1. The van der Waals surface area contributed by atoms with E-state index in [0.29, 0.717) is 5.56 Å². The van der Waals surface area contributed by atoms with E-state index < -0.39 is 22.5 Å². The number of benzene rings is 3. The van der Waals surface area contributed by atoms with E-state index in [1.165, 1.54) is 30.5 Å². The monoisotopic (exact) mass is 451 g/mol. The first-order valence-electron chi connectivity index (χ1n) is 9.97. The standard InChI is InChI=1S/C24H25N3O4S/c1-18-6-12-23(13-7-18)32(30,31)27(16-21-5-3-4-19(2)14-21)17-24(29)26-25-15-20-8-10-22(28)11-9-20/h3-15,28H,16-17H2,1-2H3,(H,26,29)/b25-15-. The molecule has 32 heavy (non-hydrogen) atoms. The van der Waals surface area contributed by atoms with Crippen molar-refractivity contribution in [3.8, 4) is 5.75 Å². The van der Waals surface area contributed by atoms with Gasteiger partial charge < -0.3 is 5.11 Å². The van der Waals surface area contributed by atoms with Crippen molar-refractivity contribution < 1.29 is 18.3 Å². The second-order valence-corrected chi connectivity index (χ2v) is 9.40. The lowest BCUT2D eigenvalue weighted by molar-refractivity contribution is -0.121. The third kappa shape index (κ3) is 6.26. The number of carbonyl (C=O) groups excluding carboxylic acids is 1. The maximum Gasteiger partial charge on any atom is 0.255 e. The molecule has 0 saturated heterocycles. The minimum absolute atomic E-state index is 0.0486. The lowest BCUT2D eigenvalue weighted by Crippen LogP contribution is -2.39. The van der Waals surface area contributed by atoms with E-state index in [1.807, 2.05) is 38.1 Å². The van der Waals surface area contributed by atoms with Crippen LogP contribution >= 0.6 is 0 Å². The Morgan fingerprint density at radius 2 is 1.69 bits per heavy atom. The van der Waals surface area contributed by atoms with E-state index in [9.17, 15) is 18.3 Å². The van der Waals surface area contributed by atoms with Crippen molar-refractivity contribution >= 4 is 22.1 Å². The van der Waals surface area contributed by atoms with Gasteiger partial charge in [0.2, 0.25) is 10.0 Å². The van der Waals surface area contributed by atoms with Crippen molar-refractivity contribution in [1.82, 2.24) is 9.73 Å². The number of sulfonamides is 1. The highest BCUT2D eigenvalue weighted by molar-refractivity contribution is 7.89. The van der Waals surface area contributed by atoms with Crippen LogP contribution in [0.1, 0.15) is 22.3 Å². The Kier molecular flexibility index (Phi) is 7.40. The fourth-order valence-electron chi connectivity index (χ4n) is 3.03. The molecule has 0 heterocycles. The Morgan fingerprint density at radius 1 is 1.00 bits per heavy atom. The molecule has 0 unspecified atom stereocenters. The van der Waals surface area contributed by atoms with Gasteiger partial charge in [-0.3, -0.25) is 4.79 Å². The van der Waals surface area contributed by atoms with Gasteiger partial charge in [-0.15, -0.1) is 0 Å². The van der Waals surface area contributed by atoms with Crippen LogP contribution in [0.15, 0.2) is 82.8 Å². The predicted octanol–water partition coefficient (Wildman–Crippen LogP) is 3.35. The molecule has 3 aromatic rings. The summed E-state index contributed by atoms with van der Waals surface area (Å²) in [5.41, 5.74) is 5.76. The number of phenols is 1. The van der Waals surface area contributed by atoms with Gasteiger partial charge in [0.25, 0.3) is 5.91 Å². The molecular formula is C24H25N3O4S. The van der Waals surface area contributed by atoms with Crippen molar-refractivity contribution in [2.45, 2.75) is 25.3 Å². The summed E-state index contributed by atoms with van der Waals surface area (Å²) in [5.74, 6) is -0.442. The molecule has 7 nitrogen and oxygen atoms in total. The van der Waals surface area contributed by atoms with Gasteiger partial charge in [-0.05, 0) is 61.4 Å². The molecule has 166 valence electrons. The summed E-state index contributed by atoms with van der Waals surface area (Å²) < 4.78 is 27.7. The summed E-state index contributed by atoms with van der Waals surface area (Å²) in [5, 5.41) is 13.2. The maximum absolute atomic E-state index is 13.3. The van der Waals surface area contributed by atoms with E-state index in [4.69, 9.17) is 0 Å². The van der Waals surface area contributed by atoms with Crippen LogP contribution in [-0.2, 0) is 21.4 Å². The Labute approximate surface area is 188 Å². The molecule has 3 aromatic carbocycles. The van der Waals surface area contributed by atoms with Gasteiger partial charge in [-0.25, -0.2) is 13.8 Å². The van der Waals surface area contributed by atoms with Crippen LogP contribution in [0.3, 0.4) is 0 Å². The van der Waals surface area contributed by atoms with Crippen LogP contribution < -0.4 is 5.43 Å². The molecule has 0 aliphatic rings. The number of nitrogens with zero attached hydrogens (tertiary/aromatic N) is 2. The Bertz CT molecular complexity index is 1200. The Morgan fingerprint density at radius 3 is 2.34 bits per heavy atom. The second kappa shape index (κ2) is 10.2. The number of carbonyl (C=O) groups is 1. The predicted molar refractivity (Wildman–Crippen MR) is 124 cm³/mol. The molecule has 0 saturated carbocycles. The van der Waals surface area contributed by atoms with Crippen molar-refractivity contribution in [3.05, 3.63) is 95.1 Å². The van der Waals surface area contributed by atoms with Crippen LogP contribution in [0, 0.1) is 13.8 Å². The van der Waals surface area contributed by atoms with Crippen molar-refractivity contribution in [1.29, 1.82) is 0 Å². The first-order chi connectivity index (χ1) is 15.2. The lowest BCUT2D eigenvalue weighted by atomic mass is 10.1. The number of nitrogens with one attached hydrogen (secondary N) is 1. The fourth-order valence-corrected chi connectivity index (χ4v) is 4.42. The second-order valence-electron chi connectivity index (χ2n) is 7.46. The van der Waals surface area contributed by atoms with Gasteiger partial charge in [0.15, 0.2) is 0 Å². The summed E-state index contributed by atoms with van der Waals surface area (Å²) in [6.07, 6.45) is 1.41. The van der Waals surface area contributed by atoms with Crippen LogP contribution in [0.25, 0.3) is 0 Å². The van der Waals surface area contributed by atoms with Crippen LogP contribution in [0.5, 0.6) is 5.75 Å². The number of rotatable bonds is 8. The highest BCUT2D eigenvalue weighted by Crippen LogP contribution is 2.19. The molecule has 0 radical (unpaired) electrons. The van der Waals surface area contributed by atoms with E-state index in [2.05, 4.69) is 10.5 Å². The molecule has 8 heteroatoms. The van der Waals surface area contributed by atoms with Crippen LogP contribution in [0.4, 0.5) is 0 Å². The molecule has 1 amide bonds. The van der Waals surface area contributed by atoms with Crippen molar-refractivity contribution in [2.24, 2.45) is 5.10 Å².